The molecule has 0 saturated carbocycles. The molecule has 0 amide bonds. The highest BCUT2D eigenvalue weighted by molar-refractivity contribution is 7.86. The van der Waals surface area contributed by atoms with Crippen LogP contribution in [-0.4, -0.2) is 40.6 Å². The van der Waals surface area contributed by atoms with Crippen LogP contribution in [0.2, 0.25) is 0 Å². The van der Waals surface area contributed by atoms with E-state index in [1.165, 1.54) is 12.1 Å². The Balaban J connectivity index is 1.45. The van der Waals surface area contributed by atoms with E-state index in [0.717, 1.165) is 11.1 Å². The second-order valence-electron chi connectivity index (χ2n) is 6.59. The first-order valence-electron chi connectivity index (χ1n) is 8.82. The molecule has 3 rings (SSSR count). The van der Waals surface area contributed by atoms with Crippen molar-refractivity contribution in [2.24, 2.45) is 0 Å². The predicted molar refractivity (Wildman–Crippen MR) is 100 cm³/mol. The largest absolute Gasteiger partial charge is 0.491 e. The van der Waals surface area contributed by atoms with E-state index >= 15 is 0 Å². The van der Waals surface area contributed by atoms with E-state index in [1.54, 1.807) is 12.1 Å². The fraction of sp³-hybridized carbons (Fsp3) is 0.400. The molecule has 6 nitrogen and oxygen atoms in total. The summed E-state index contributed by atoms with van der Waals surface area (Å²) in [5.74, 6) is 0.0779. The monoisotopic (exact) mass is 392 g/mol. The number of hydrogen-bond acceptors (Lipinski definition) is 6. The highest BCUT2D eigenvalue weighted by Crippen LogP contribution is 2.24. The smallest absolute Gasteiger partial charge is 0.297 e. The van der Waals surface area contributed by atoms with Crippen LogP contribution in [0.5, 0.6) is 5.75 Å². The summed E-state index contributed by atoms with van der Waals surface area (Å²) in [5, 5.41) is 0. The molecule has 27 heavy (non-hydrogen) atoms. The van der Waals surface area contributed by atoms with Gasteiger partial charge in [0.25, 0.3) is 10.1 Å². The average molecular weight is 392 g/mol. The van der Waals surface area contributed by atoms with Crippen molar-refractivity contribution in [1.82, 2.24) is 0 Å². The Bertz CT molecular complexity index is 837. The molecule has 2 aromatic rings. The molecule has 7 heteroatoms. The fourth-order valence-electron chi connectivity index (χ4n) is 2.81. The van der Waals surface area contributed by atoms with Crippen molar-refractivity contribution in [2.45, 2.75) is 31.0 Å². The predicted octanol–water partition coefficient (Wildman–Crippen LogP) is 3.08. The molecule has 2 aromatic carbocycles. The standard InChI is InChI=1S/C20H24O6S/c1-16-3-9-19(10-4-16)27(21,22)26-14-11-23-18-7-5-17(6-8-18)15-20(2)24-12-13-25-20/h3-10H,11-15H2,1-2H3. The minimum Gasteiger partial charge on any atom is -0.491 e. The van der Waals surface area contributed by atoms with Crippen molar-refractivity contribution >= 4 is 10.1 Å². The van der Waals surface area contributed by atoms with E-state index in [4.69, 9.17) is 18.4 Å². The van der Waals surface area contributed by atoms with Gasteiger partial charge in [0.15, 0.2) is 5.79 Å². The SMILES string of the molecule is Cc1ccc(S(=O)(=O)OCCOc2ccc(CC3(C)OCCO3)cc2)cc1. The number of rotatable bonds is 8. The Morgan fingerprint density at radius 2 is 1.59 bits per heavy atom. The van der Waals surface area contributed by atoms with Gasteiger partial charge in [0.1, 0.15) is 19.0 Å². The van der Waals surface area contributed by atoms with Gasteiger partial charge in [-0.15, -0.1) is 0 Å². The first-order chi connectivity index (χ1) is 12.9. The van der Waals surface area contributed by atoms with Crippen molar-refractivity contribution in [3.8, 4) is 5.75 Å². The number of benzene rings is 2. The molecule has 0 aliphatic carbocycles. The summed E-state index contributed by atoms with van der Waals surface area (Å²) in [6, 6.07) is 14.1. The number of hydrogen-bond donors (Lipinski definition) is 0. The highest BCUT2D eigenvalue weighted by atomic mass is 32.2. The van der Waals surface area contributed by atoms with Gasteiger partial charge in [-0.1, -0.05) is 29.8 Å². The molecule has 0 bridgehead atoms. The van der Waals surface area contributed by atoms with Crippen LogP contribution in [-0.2, 0) is 30.2 Å². The van der Waals surface area contributed by atoms with Gasteiger partial charge in [0.05, 0.1) is 18.1 Å². The molecule has 1 aliphatic heterocycles. The topological polar surface area (TPSA) is 71.1 Å². The van der Waals surface area contributed by atoms with Crippen LogP contribution in [0.3, 0.4) is 0 Å². The van der Waals surface area contributed by atoms with Crippen LogP contribution in [0.15, 0.2) is 53.4 Å². The van der Waals surface area contributed by atoms with Gasteiger partial charge in [-0.2, -0.15) is 8.42 Å². The normalized spacial score (nSPS) is 16.4. The molecule has 1 heterocycles. The number of aryl methyl sites for hydroxylation is 1. The van der Waals surface area contributed by atoms with E-state index in [9.17, 15) is 8.42 Å². The van der Waals surface area contributed by atoms with Crippen LogP contribution < -0.4 is 4.74 Å². The molecule has 0 unspecified atom stereocenters. The lowest BCUT2D eigenvalue weighted by atomic mass is 10.1. The Kier molecular flexibility index (Phi) is 6.16. The second-order valence-corrected chi connectivity index (χ2v) is 8.20. The van der Waals surface area contributed by atoms with Gasteiger partial charge in [-0.3, -0.25) is 4.18 Å². The highest BCUT2D eigenvalue weighted by Gasteiger charge is 2.30. The molecular weight excluding hydrogens is 368 g/mol. The Labute approximate surface area is 160 Å². The van der Waals surface area contributed by atoms with Crippen molar-refractivity contribution in [3.05, 3.63) is 59.7 Å². The van der Waals surface area contributed by atoms with Crippen molar-refractivity contribution in [1.29, 1.82) is 0 Å². The minimum absolute atomic E-state index is 0.0578. The third kappa shape index (κ3) is 5.52. The third-order valence-corrected chi connectivity index (χ3v) is 5.57. The van der Waals surface area contributed by atoms with Crippen LogP contribution in [0, 0.1) is 6.92 Å². The van der Waals surface area contributed by atoms with Gasteiger partial charge in [0, 0.05) is 6.42 Å². The Hall–Kier alpha value is -1.93. The molecular formula is C20H24O6S. The summed E-state index contributed by atoms with van der Waals surface area (Å²) in [5.41, 5.74) is 2.06. The zero-order valence-electron chi connectivity index (χ0n) is 15.5. The van der Waals surface area contributed by atoms with E-state index in [2.05, 4.69) is 0 Å². The van der Waals surface area contributed by atoms with Crippen molar-refractivity contribution < 1.29 is 26.8 Å². The summed E-state index contributed by atoms with van der Waals surface area (Å²) in [6.45, 7) is 5.12. The lowest BCUT2D eigenvalue weighted by molar-refractivity contribution is -0.140. The molecule has 0 radical (unpaired) electrons. The van der Waals surface area contributed by atoms with Crippen LogP contribution in [0.1, 0.15) is 18.1 Å². The molecule has 0 spiro atoms. The van der Waals surface area contributed by atoms with Crippen molar-refractivity contribution in [3.63, 3.8) is 0 Å². The zero-order valence-corrected chi connectivity index (χ0v) is 16.3. The third-order valence-electron chi connectivity index (χ3n) is 4.25. The van der Waals surface area contributed by atoms with Gasteiger partial charge in [0.2, 0.25) is 0 Å². The molecule has 1 fully saturated rings. The van der Waals surface area contributed by atoms with Gasteiger partial charge >= 0.3 is 0 Å². The molecule has 0 atom stereocenters. The van der Waals surface area contributed by atoms with Crippen LogP contribution in [0.25, 0.3) is 0 Å². The van der Waals surface area contributed by atoms with E-state index in [0.29, 0.717) is 25.4 Å². The first kappa shape index (κ1) is 19.8. The van der Waals surface area contributed by atoms with Crippen molar-refractivity contribution in [2.75, 3.05) is 26.4 Å². The number of ether oxygens (including phenoxy) is 3. The zero-order chi connectivity index (χ0) is 19.3. The van der Waals surface area contributed by atoms with E-state index < -0.39 is 15.9 Å². The van der Waals surface area contributed by atoms with Gasteiger partial charge < -0.3 is 14.2 Å². The molecule has 1 saturated heterocycles. The minimum atomic E-state index is -3.77. The summed E-state index contributed by atoms with van der Waals surface area (Å²) < 4.78 is 46.0. The lowest BCUT2D eigenvalue weighted by Crippen LogP contribution is -2.28. The Morgan fingerprint density at radius 3 is 2.22 bits per heavy atom. The lowest BCUT2D eigenvalue weighted by Gasteiger charge is -2.22. The molecule has 0 aromatic heterocycles. The Morgan fingerprint density at radius 1 is 0.963 bits per heavy atom. The quantitative estimate of drug-likeness (QED) is 0.508. The van der Waals surface area contributed by atoms with E-state index in [-0.39, 0.29) is 18.1 Å². The van der Waals surface area contributed by atoms with Crippen LogP contribution >= 0.6 is 0 Å². The summed E-state index contributed by atoms with van der Waals surface area (Å²) >= 11 is 0. The van der Waals surface area contributed by atoms with Gasteiger partial charge in [-0.05, 0) is 43.7 Å². The molecule has 146 valence electrons. The molecule has 0 N–H and O–H groups in total. The fourth-order valence-corrected chi connectivity index (χ4v) is 3.70. The first-order valence-corrected chi connectivity index (χ1v) is 10.2. The van der Waals surface area contributed by atoms with Crippen LogP contribution in [0.4, 0.5) is 0 Å². The average Bonchev–Trinajstić information content (AvgIpc) is 3.06. The second kappa shape index (κ2) is 8.39. The summed E-state index contributed by atoms with van der Waals surface area (Å²) in [4.78, 5) is 0.141. The maximum atomic E-state index is 12.1. The maximum absolute atomic E-state index is 12.1. The summed E-state index contributed by atoms with van der Waals surface area (Å²) in [6.07, 6.45) is 0.658. The molecule has 1 aliphatic rings. The maximum Gasteiger partial charge on any atom is 0.297 e. The van der Waals surface area contributed by atoms with Gasteiger partial charge in [-0.25, -0.2) is 0 Å². The summed E-state index contributed by atoms with van der Waals surface area (Å²) in [7, 11) is -3.77. The van der Waals surface area contributed by atoms with E-state index in [1.807, 2.05) is 38.1 Å².